The topological polar surface area (TPSA) is 282 Å². The number of carbonyl (C=O) groups is 8. The zero-order valence-corrected chi connectivity index (χ0v) is 40.3. The highest BCUT2D eigenvalue weighted by Gasteiger charge is 2.66. The van der Waals surface area contributed by atoms with Crippen LogP contribution in [0.15, 0.2) is 130 Å². The van der Waals surface area contributed by atoms with E-state index in [2.05, 4.69) is 31.5 Å². The van der Waals surface area contributed by atoms with Crippen molar-refractivity contribution in [2.75, 3.05) is 36.5 Å². The number of piperazine rings is 1. The second kappa shape index (κ2) is 22.3. The highest BCUT2D eigenvalue weighted by molar-refractivity contribution is 8.01. The third-order valence-corrected chi connectivity index (χ3v) is 14.9. The summed E-state index contributed by atoms with van der Waals surface area (Å²) in [5.74, 6) is -4.59. The minimum absolute atomic E-state index is 0.0264. The van der Waals surface area contributed by atoms with E-state index in [9.17, 15) is 48.5 Å². The maximum Gasteiger partial charge on any atom is 0.411 e. The quantitative estimate of drug-likeness (QED) is 0.0138. The molecule has 0 spiro atoms. The van der Waals surface area contributed by atoms with Gasteiger partial charge in [0, 0.05) is 49.0 Å². The van der Waals surface area contributed by atoms with Crippen molar-refractivity contribution in [3.8, 4) is 0 Å². The molecular weight excluding hydrogens is 993 g/mol. The summed E-state index contributed by atoms with van der Waals surface area (Å²) in [6.45, 7) is 1.49. The average Bonchev–Trinajstić information content (AvgIpc) is 3.93. The second-order valence-electron chi connectivity index (χ2n) is 15.9. The first-order valence-corrected chi connectivity index (χ1v) is 24.8. The first kappa shape index (κ1) is 50.2. The molecule has 4 heterocycles. The number of β-lactam (4-membered cyclic amide) rings is 1. The number of nitro groups is 1. The number of hydrogen-bond donors (Lipinski definition) is 4. The third kappa shape index (κ3) is 10.8. The van der Waals surface area contributed by atoms with E-state index in [4.69, 9.17) is 9.47 Å². The van der Waals surface area contributed by atoms with Crippen LogP contribution < -0.4 is 21.3 Å². The lowest BCUT2D eigenvalue weighted by atomic mass is 9.94. The highest BCUT2D eigenvalue weighted by atomic mass is 32.2. The fourth-order valence-corrected chi connectivity index (χ4v) is 11.0. The number of nitro benzene ring substituents is 1. The molecule has 22 nitrogen and oxygen atoms in total. The molecular formula is C47H42N10O12S3. The summed E-state index contributed by atoms with van der Waals surface area (Å²) in [6, 6.07) is 26.0. The Hall–Kier alpha value is -8.16. The smallest absolute Gasteiger partial charge is 0.411 e. The van der Waals surface area contributed by atoms with Gasteiger partial charge in [-0.25, -0.2) is 14.4 Å². The van der Waals surface area contributed by atoms with Gasteiger partial charge in [-0.3, -0.25) is 49.2 Å². The number of carbonyl (C=O) groups excluding carboxylic acids is 8. The second-order valence-corrected chi connectivity index (χ2v) is 19.0. The number of benzene rings is 4. The maximum atomic E-state index is 14.8. The Kier molecular flexibility index (Phi) is 15.5. The summed E-state index contributed by atoms with van der Waals surface area (Å²) in [6.07, 6.45) is -1.59. The number of thioether (sulfide) groups is 2. The molecule has 2 fully saturated rings. The molecule has 0 radical (unpaired) electrons. The summed E-state index contributed by atoms with van der Waals surface area (Å²) in [5.41, 5.74) is 1.61. The number of nitrogens with one attached hydrogen (secondary N) is 4. The zero-order valence-electron chi connectivity index (χ0n) is 37.8. The normalized spacial score (nSPS) is 17.8. The molecule has 0 aliphatic carbocycles. The Morgan fingerprint density at radius 1 is 0.917 bits per heavy atom. The Morgan fingerprint density at radius 3 is 2.21 bits per heavy atom. The number of likely N-dealkylation sites (N-methyl/N-ethyl adjacent to an activating group) is 1. The van der Waals surface area contributed by atoms with Gasteiger partial charge in [0.1, 0.15) is 29.2 Å². The molecule has 0 saturated carbocycles. The van der Waals surface area contributed by atoms with Crippen molar-refractivity contribution in [3.05, 3.63) is 158 Å². The fourth-order valence-electron chi connectivity index (χ4n) is 7.93. The Morgan fingerprint density at radius 2 is 1.60 bits per heavy atom. The van der Waals surface area contributed by atoms with Gasteiger partial charge in [-0.15, -0.1) is 22.0 Å². The standard InChI is InChI=1S/C47H42N10O12S3/c1-2-54-21-22-55(40(61)39(54)60)44(64)51-35(29-15-17-33(18-16-29)50-45(65)68-23-28-13-19-34(20-14-28)57(66)67)38(59)52-47(48-26-58)42(63)56-36(32(24-70-43(47)56)25-71-46-53-49-27-72-46)41(62)69-37(30-9-5-3-6-10-30)31-11-7-4-8-12-31/h3-20,26-27,35,37,43H,2,21-25H2,1H3,(H,48,58)(H,50,65)(H,51,64)(H,52,59)/t35?,43-,47+/m0/s1. The number of fused-ring (bicyclic) bond motifs is 1. The number of ether oxygens (including phenoxy) is 2. The molecule has 8 amide bonds. The molecule has 8 rings (SSSR count). The average molecular weight is 1040 g/mol. The number of non-ortho nitro benzene ring substituents is 1. The van der Waals surface area contributed by atoms with Gasteiger partial charge in [0.2, 0.25) is 18.0 Å². The number of hydrogen-bond acceptors (Lipinski definition) is 17. The predicted octanol–water partition coefficient (Wildman–Crippen LogP) is 4.49. The van der Waals surface area contributed by atoms with E-state index >= 15 is 0 Å². The van der Waals surface area contributed by atoms with Crippen LogP contribution in [0.4, 0.5) is 21.0 Å². The van der Waals surface area contributed by atoms with Gasteiger partial charge in [0.15, 0.2) is 10.4 Å². The number of aromatic nitrogens is 2. The maximum absolute atomic E-state index is 14.8. The summed E-state index contributed by atoms with van der Waals surface area (Å²) >= 11 is 3.71. The van der Waals surface area contributed by atoms with Crippen LogP contribution in [-0.2, 0) is 44.8 Å². The molecule has 3 atom stereocenters. The van der Waals surface area contributed by atoms with Crippen LogP contribution >= 0.6 is 34.9 Å². The Balaban J connectivity index is 1.06. The van der Waals surface area contributed by atoms with E-state index in [0.717, 1.165) is 16.7 Å². The number of esters is 1. The summed E-state index contributed by atoms with van der Waals surface area (Å²) in [5, 5.41) is 27.9. The first-order chi connectivity index (χ1) is 34.8. The van der Waals surface area contributed by atoms with Crippen LogP contribution in [0.25, 0.3) is 0 Å². The van der Waals surface area contributed by atoms with Crippen molar-refractivity contribution in [2.24, 2.45) is 0 Å². The van der Waals surface area contributed by atoms with Crippen LogP contribution in [0.5, 0.6) is 0 Å². The van der Waals surface area contributed by atoms with E-state index < -0.39 is 69.8 Å². The molecule has 4 aromatic carbocycles. The van der Waals surface area contributed by atoms with Crippen molar-refractivity contribution in [1.82, 2.24) is 40.8 Å². The van der Waals surface area contributed by atoms with Gasteiger partial charge >= 0.3 is 29.9 Å². The molecule has 72 heavy (non-hydrogen) atoms. The fraction of sp³-hybridized carbons (Fsp3) is 0.234. The highest BCUT2D eigenvalue weighted by Crippen LogP contribution is 2.47. The molecule has 5 aromatic rings. The molecule has 1 aromatic heterocycles. The van der Waals surface area contributed by atoms with Crippen LogP contribution in [0.1, 0.15) is 41.3 Å². The summed E-state index contributed by atoms with van der Waals surface area (Å²) in [7, 11) is 0. The number of anilines is 1. The molecule has 2 saturated heterocycles. The van der Waals surface area contributed by atoms with Crippen molar-refractivity contribution >= 4 is 94.4 Å². The molecule has 3 aliphatic rings. The first-order valence-electron chi connectivity index (χ1n) is 21.9. The Bertz CT molecular complexity index is 2880. The number of nitrogens with zero attached hydrogens (tertiary/aromatic N) is 6. The molecule has 4 N–H and O–H groups in total. The SMILES string of the molecule is CCN1CCN(C(=O)NC(C(=O)N[C@]2(NC=O)C(=O)N3C(C(=O)OC(c4ccccc4)c4ccccc4)=C(CSc4nncs4)CS[C@H]32)c2ccc(NC(=O)OCc3ccc([N+](=O)[O-])cc3)cc2)C(=O)C1=O. The minimum Gasteiger partial charge on any atom is -0.448 e. The Labute approximate surface area is 422 Å². The summed E-state index contributed by atoms with van der Waals surface area (Å²) in [4.78, 5) is 123. The van der Waals surface area contributed by atoms with Gasteiger partial charge in [-0.1, -0.05) is 95.9 Å². The van der Waals surface area contributed by atoms with Crippen molar-refractivity contribution < 1.29 is 52.8 Å². The van der Waals surface area contributed by atoms with E-state index in [1.807, 2.05) is 12.1 Å². The lowest BCUT2D eigenvalue weighted by Crippen LogP contribution is -2.85. The molecule has 25 heteroatoms. The lowest BCUT2D eigenvalue weighted by Gasteiger charge is -2.56. The number of amides is 8. The van der Waals surface area contributed by atoms with E-state index in [-0.39, 0.29) is 66.8 Å². The van der Waals surface area contributed by atoms with Crippen LogP contribution in [0.3, 0.4) is 0 Å². The van der Waals surface area contributed by atoms with Crippen LogP contribution in [-0.4, -0.2) is 120 Å². The van der Waals surface area contributed by atoms with Crippen LogP contribution in [0.2, 0.25) is 0 Å². The van der Waals surface area contributed by atoms with Crippen LogP contribution in [0, 0.1) is 10.1 Å². The van der Waals surface area contributed by atoms with Gasteiger partial charge in [-0.2, -0.15) is 0 Å². The van der Waals surface area contributed by atoms with Crippen molar-refractivity contribution in [1.29, 1.82) is 0 Å². The molecule has 1 unspecified atom stereocenters. The van der Waals surface area contributed by atoms with Gasteiger partial charge in [0.05, 0.1) is 4.92 Å². The third-order valence-electron chi connectivity index (χ3n) is 11.6. The predicted molar refractivity (Wildman–Crippen MR) is 260 cm³/mol. The molecule has 0 bridgehead atoms. The number of imide groups is 1. The minimum atomic E-state index is -2.21. The number of urea groups is 1. The number of rotatable bonds is 18. The largest absolute Gasteiger partial charge is 0.448 e. The molecule has 370 valence electrons. The molecule has 3 aliphatic heterocycles. The van der Waals surface area contributed by atoms with E-state index in [1.165, 1.54) is 76.5 Å². The lowest BCUT2D eigenvalue weighted by molar-refractivity contribution is -0.384. The van der Waals surface area contributed by atoms with E-state index in [1.54, 1.807) is 61.0 Å². The van der Waals surface area contributed by atoms with Gasteiger partial charge < -0.3 is 30.3 Å². The summed E-state index contributed by atoms with van der Waals surface area (Å²) < 4.78 is 12.1. The van der Waals surface area contributed by atoms with Crippen molar-refractivity contribution in [2.45, 2.75) is 41.1 Å². The van der Waals surface area contributed by atoms with Crippen molar-refractivity contribution in [3.63, 3.8) is 0 Å². The van der Waals surface area contributed by atoms with Gasteiger partial charge in [-0.05, 0) is 59.0 Å². The van der Waals surface area contributed by atoms with Gasteiger partial charge in [0.25, 0.3) is 11.6 Å². The van der Waals surface area contributed by atoms with E-state index in [0.29, 0.717) is 31.5 Å². The monoisotopic (exact) mass is 1030 g/mol. The zero-order chi connectivity index (χ0) is 50.9.